The molecule has 3 rings (SSSR count). The lowest BCUT2D eigenvalue weighted by Crippen LogP contribution is -2.52. The van der Waals surface area contributed by atoms with E-state index in [0.29, 0.717) is 22.6 Å². The second-order valence-electron chi connectivity index (χ2n) is 7.32. The van der Waals surface area contributed by atoms with Gasteiger partial charge < -0.3 is 15.4 Å². The van der Waals surface area contributed by atoms with Crippen molar-refractivity contribution in [3.05, 3.63) is 23.7 Å². The summed E-state index contributed by atoms with van der Waals surface area (Å²) in [6, 6.07) is -0.348. The van der Waals surface area contributed by atoms with Gasteiger partial charge in [0.1, 0.15) is 5.52 Å². The standard InChI is InChI=1S/C17H24N4O2/c1-9(2)14(17(3,4)23)21-16(22)11-7-18-15-13(11)20-12(8-19-15)10-5-6-10/h7-10,14,23H,5-6H2,1-4H3,(H,18,19)(H,21,22). The molecule has 0 radical (unpaired) electrons. The van der Waals surface area contributed by atoms with Gasteiger partial charge in [-0.1, -0.05) is 13.8 Å². The lowest BCUT2D eigenvalue weighted by atomic mass is 9.89. The Morgan fingerprint density at radius 3 is 2.70 bits per heavy atom. The lowest BCUT2D eigenvalue weighted by Gasteiger charge is -2.33. The molecule has 23 heavy (non-hydrogen) atoms. The number of carbonyl (C=O) groups excluding carboxylic acids is 1. The van der Waals surface area contributed by atoms with E-state index in [1.807, 2.05) is 13.8 Å². The number of nitrogens with one attached hydrogen (secondary N) is 2. The zero-order chi connectivity index (χ0) is 16.8. The van der Waals surface area contributed by atoms with Crippen molar-refractivity contribution in [1.29, 1.82) is 0 Å². The molecule has 6 nitrogen and oxygen atoms in total. The van der Waals surface area contributed by atoms with Gasteiger partial charge in [0.15, 0.2) is 5.65 Å². The van der Waals surface area contributed by atoms with Crippen LogP contribution in [0.4, 0.5) is 0 Å². The van der Waals surface area contributed by atoms with Gasteiger partial charge in [-0.05, 0) is 32.6 Å². The van der Waals surface area contributed by atoms with Crippen molar-refractivity contribution in [2.24, 2.45) is 5.92 Å². The van der Waals surface area contributed by atoms with Crippen LogP contribution in [-0.4, -0.2) is 37.6 Å². The smallest absolute Gasteiger partial charge is 0.255 e. The number of fused-ring (bicyclic) bond motifs is 1. The largest absolute Gasteiger partial charge is 0.388 e. The van der Waals surface area contributed by atoms with Gasteiger partial charge in [-0.15, -0.1) is 0 Å². The van der Waals surface area contributed by atoms with Crippen molar-refractivity contribution < 1.29 is 9.90 Å². The van der Waals surface area contributed by atoms with Crippen LogP contribution in [0.3, 0.4) is 0 Å². The number of aromatic nitrogens is 3. The molecule has 6 heteroatoms. The summed E-state index contributed by atoms with van der Waals surface area (Å²) in [5, 5.41) is 13.2. The highest BCUT2D eigenvalue weighted by molar-refractivity contribution is 6.04. The van der Waals surface area contributed by atoms with Gasteiger partial charge in [0, 0.05) is 12.1 Å². The molecule has 0 saturated heterocycles. The molecule has 3 N–H and O–H groups in total. The Labute approximate surface area is 135 Å². The van der Waals surface area contributed by atoms with Crippen LogP contribution in [0.1, 0.15) is 62.5 Å². The summed E-state index contributed by atoms with van der Waals surface area (Å²) in [5.41, 5.74) is 1.65. The predicted octanol–water partition coefficient (Wildman–Crippen LogP) is 2.36. The first-order valence-corrected chi connectivity index (χ1v) is 8.14. The summed E-state index contributed by atoms with van der Waals surface area (Å²) < 4.78 is 0. The first-order valence-electron chi connectivity index (χ1n) is 8.14. The van der Waals surface area contributed by atoms with Crippen LogP contribution >= 0.6 is 0 Å². The van der Waals surface area contributed by atoms with E-state index in [1.54, 1.807) is 26.2 Å². The van der Waals surface area contributed by atoms with E-state index in [4.69, 9.17) is 0 Å². The van der Waals surface area contributed by atoms with Gasteiger partial charge in [0.25, 0.3) is 5.91 Å². The van der Waals surface area contributed by atoms with Gasteiger partial charge in [-0.25, -0.2) is 9.97 Å². The van der Waals surface area contributed by atoms with Crippen LogP contribution in [0.5, 0.6) is 0 Å². The second kappa shape index (κ2) is 5.60. The number of nitrogens with zero attached hydrogens (tertiary/aromatic N) is 2. The molecule has 124 valence electrons. The quantitative estimate of drug-likeness (QED) is 0.790. The molecule has 0 bridgehead atoms. The molecule has 1 amide bonds. The third-order valence-electron chi connectivity index (χ3n) is 4.35. The molecule has 1 unspecified atom stereocenters. The Hall–Kier alpha value is -1.95. The van der Waals surface area contributed by atoms with Crippen LogP contribution in [0, 0.1) is 5.92 Å². The van der Waals surface area contributed by atoms with Crippen molar-refractivity contribution in [2.75, 3.05) is 0 Å². The van der Waals surface area contributed by atoms with Crippen LogP contribution in [0.15, 0.2) is 12.4 Å². The Morgan fingerprint density at radius 2 is 2.13 bits per heavy atom. The summed E-state index contributed by atoms with van der Waals surface area (Å²) in [4.78, 5) is 24.6. The van der Waals surface area contributed by atoms with Gasteiger partial charge in [-0.2, -0.15) is 0 Å². The van der Waals surface area contributed by atoms with E-state index < -0.39 is 5.60 Å². The minimum absolute atomic E-state index is 0.109. The number of H-pyrrole nitrogens is 1. The molecule has 0 aromatic carbocycles. The predicted molar refractivity (Wildman–Crippen MR) is 88.3 cm³/mol. The zero-order valence-corrected chi connectivity index (χ0v) is 14.1. The third kappa shape index (κ3) is 3.22. The van der Waals surface area contributed by atoms with Crippen LogP contribution in [0.25, 0.3) is 11.2 Å². The van der Waals surface area contributed by atoms with Crippen molar-refractivity contribution >= 4 is 17.1 Å². The first kappa shape index (κ1) is 15.9. The van der Waals surface area contributed by atoms with Crippen LogP contribution < -0.4 is 5.32 Å². The summed E-state index contributed by atoms with van der Waals surface area (Å²) in [7, 11) is 0. The molecule has 2 heterocycles. The maximum Gasteiger partial charge on any atom is 0.255 e. The second-order valence-corrected chi connectivity index (χ2v) is 7.32. The topological polar surface area (TPSA) is 90.9 Å². The number of hydrogen-bond donors (Lipinski definition) is 3. The first-order chi connectivity index (χ1) is 10.8. The average molecular weight is 316 g/mol. The summed E-state index contributed by atoms with van der Waals surface area (Å²) >= 11 is 0. The van der Waals surface area contributed by atoms with Gasteiger partial charge in [0.2, 0.25) is 0 Å². The van der Waals surface area contributed by atoms with Crippen molar-refractivity contribution in [3.8, 4) is 0 Å². The van der Waals surface area contributed by atoms with Gasteiger partial charge >= 0.3 is 0 Å². The molecule has 1 aliphatic carbocycles. The molecule has 1 aliphatic rings. The Kier molecular flexibility index (Phi) is 3.88. The monoisotopic (exact) mass is 316 g/mol. The number of rotatable bonds is 5. The highest BCUT2D eigenvalue weighted by atomic mass is 16.3. The SMILES string of the molecule is CC(C)C(NC(=O)c1c[nH]c2ncc(C3CC3)nc12)C(C)(C)O. The average Bonchev–Trinajstić information content (AvgIpc) is 3.22. The van der Waals surface area contributed by atoms with Crippen LogP contribution in [-0.2, 0) is 0 Å². The van der Waals surface area contributed by atoms with E-state index in [9.17, 15) is 9.90 Å². The van der Waals surface area contributed by atoms with Crippen molar-refractivity contribution in [3.63, 3.8) is 0 Å². The number of aliphatic hydroxyl groups is 1. The highest BCUT2D eigenvalue weighted by Crippen LogP contribution is 2.39. The van der Waals surface area contributed by atoms with E-state index >= 15 is 0 Å². The fraction of sp³-hybridized carbons (Fsp3) is 0.588. The number of carbonyl (C=O) groups is 1. The van der Waals surface area contributed by atoms with E-state index in [-0.39, 0.29) is 17.9 Å². The molecule has 2 aromatic rings. The fourth-order valence-corrected chi connectivity index (χ4v) is 3.03. The molecule has 1 saturated carbocycles. The van der Waals surface area contributed by atoms with E-state index in [1.165, 1.54) is 0 Å². The number of amides is 1. The lowest BCUT2D eigenvalue weighted by molar-refractivity contribution is 0.0195. The summed E-state index contributed by atoms with van der Waals surface area (Å²) in [6.45, 7) is 7.36. The third-order valence-corrected chi connectivity index (χ3v) is 4.35. The van der Waals surface area contributed by atoms with Gasteiger partial charge in [0.05, 0.1) is 29.1 Å². The maximum atomic E-state index is 12.7. The van der Waals surface area contributed by atoms with E-state index in [2.05, 4.69) is 20.3 Å². The summed E-state index contributed by atoms with van der Waals surface area (Å²) in [5.74, 6) is 0.356. The molecule has 2 aromatic heterocycles. The summed E-state index contributed by atoms with van der Waals surface area (Å²) in [6.07, 6.45) is 5.70. The normalized spacial score (nSPS) is 16.8. The Morgan fingerprint density at radius 1 is 1.43 bits per heavy atom. The molecule has 0 aliphatic heterocycles. The number of hydrogen-bond acceptors (Lipinski definition) is 4. The minimum atomic E-state index is -0.999. The highest BCUT2D eigenvalue weighted by Gasteiger charge is 2.32. The Balaban J connectivity index is 1.89. The van der Waals surface area contributed by atoms with Crippen molar-refractivity contribution in [2.45, 2.75) is 58.1 Å². The van der Waals surface area contributed by atoms with Gasteiger partial charge in [-0.3, -0.25) is 4.79 Å². The Bertz CT molecular complexity index is 726. The molecule has 1 atom stereocenters. The van der Waals surface area contributed by atoms with Crippen LogP contribution in [0.2, 0.25) is 0 Å². The zero-order valence-electron chi connectivity index (χ0n) is 14.1. The minimum Gasteiger partial charge on any atom is -0.388 e. The fourth-order valence-electron chi connectivity index (χ4n) is 3.03. The van der Waals surface area contributed by atoms with Crippen molar-refractivity contribution in [1.82, 2.24) is 20.3 Å². The molecular weight excluding hydrogens is 292 g/mol. The van der Waals surface area contributed by atoms with E-state index in [0.717, 1.165) is 18.5 Å². The number of aromatic amines is 1. The molecule has 0 spiro atoms. The maximum absolute atomic E-state index is 12.7. The molecule has 1 fully saturated rings. The molecular formula is C17H24N4O2.